The van der Waals surface area contributed by atoms with E-state index >= 15 is 0 Å². The molecule has 0 heterocycles. The van der Waals surface area contributed by atoms with Crippen LogP contribution in [0.5, 0.6) is 0 Å². The predicted molar refractivity (Wildman–Crippen MR) is 68.7 cm³/mol. The molecule has 4 nitrogen and oxygen atoms in total. The summed E-state index contributed by atoms with van der Waals surface area (Å²) in [4.78, 5) is 22.4. The number of para-hydroxylation sites is 1. The minimum absolute atomic E-state index is 0.0621. The number of hydrogen-bond acceptors (Lipinski definition) is 3. The van der Waals surface area contributed by atoms with Crippen molar-refractivity contribution in [1.82, 2.24) is 0 Å². The molecule has 0 aromatic heterocycles. The quantitative estimate of drug-likeness (QED) is 0.627. The maximum Gasteiger partial charge on any atom is 0.273 e. The van der Waals surface area contributed by atoms with Crippen LogP contribution in [0.2, 0.25) is 0 Å². The van der Waals surface area contributed by atoms with E-state index in [1.165, 1.54) is 18.2 Å². The summed E-state index contributed by atoms with van der Waals surface area (Å²) in [7, 11) is 0. The third kappa shape index (κ3) is 3.37. The van der Waals surface area contributed by atoms with E-state index in [-0.39, 0.29) is 43.6 Å². The van der Waals surface area contributed by atoms with Crippen LogP contribution in [0.4, 0.5) is 14.5 Å². The molecule has 108 valence electrons. The van der Waals surface area contributed by atoms with Gasteiger partial charge in [-0.15, -0.1) is 0 Å². The first-order valence-electron chi connectivity index (χ1n) is 6.52. The lowest BCUT2D eigenvalue weighted by Gasteiger charge is -2.27. The van der Waals surface area contributed by atoms with Crippen molar-refractivity contribution in [3.8, 4) is 0 Å². The minimum atomic E-state index is -2.67. The Hall–Kier alpha value is -1.85. The first-order valence-corrected chi connectivity index (χ1v) is 6.52. The summed E-state index contributed by atoms with van der Waals surface area (Å²) < 4.78 is 26.1. The van der Waals surface area contributed by atoms with Crippen LogP contribution in [-0.4, -0.2) is 16.6 Å². The standard InChI is InChI=1S/C14H15F2NO3/c15-14(16)7-5-10(6-8-14)13(18)9-11-3-1-2-4-12(11)17(19)20/h1-4,10H,5-9H2. The van der Waals surface area contributed by atoms with Gasteiger partial charge in [0, 0.05) is 36.8 Å². The molecule has 0 amide bonds. The SMILES string of the molecule is O=C(Cc1ccccc1[N+](=O)[O-])C1CCC(F)(F)CC1. The van der Waals surface area contributed by atoms with Gasteiger partial charge in [-0.05, 0) is 12.8 Å². The van der Waals surface area contributed by atoms with Crippen LogP contribution in [-0.2, 0) is 11.2 Å². The molecule has 0 N–H and O–H groups in total. The summed E-state index contributed by atoms with van der Waals surface area (Å²) in [5, 5.41) is 10.9. The number of nitro benzene ring substituents is 1. The zero-order valence-corrected chi connectivity index (χ0v) is 10.9. The molecule has 20 heavy (non-hydrogen) atoms. The Kier molecular flexibility index (Phi) is 4.11. The largest absolute Gasteiger partial charge is 0.299 e. The van der Waals surface area contributed by atoms with Crippen molar-refractivity contribution in [2.45, 2.75) is 38.0 Å². The second-order valence-electron chi connectivity index (χ2n) is 5.16. The monoisotopic (exact) mass is 283 g/mol. The Morgan fingerprint density at radius 3 is 2.50 bits per heavy atom. The van der Waals surface area contributed by atoms with E-state index in [4.69, 9.17) is 0 Å². The van der Waals surface area contributed by atoms with Crippen molar-refractivity contribution in [3.05, 3.63) is 39.9 Å². The molecule has 1 aliphatic carbocycles. The van der Waals surface area contributed by atoms with Gasteiger partial charge in [-0.1, -0.05) is 18.2 Å². The summed E-state index contributed by atoms with van der Waals surface area (Å²) in [6, 6.07) is 6.04. The number of ketones is 1. The van der Waals surface area contributed by atoms with E-state index in [1.54, 1.807) is 6.07 Å². The molecule has 0 unspecified atom stereocenters. The van der Waals surface area contributed by atoms with Gasteiger partial charge in [-0.3, -0.25) is 14.9 Å². The average molecular weight is 283 g/mol. The lowest BCUT2D eigenvalue weighted by molar-refractivity contribution is -0.385. The van der Waals surface area contributed by atoms with Gasteiger partial charge in [0.15, 0.2) is 0 Å². The number of halogens is 2. The lowest BCUT2D eigenvalue weighted by atomic mass is 9.82. The number of hydrogen-bond donors (Lipinski definition) is 0. The van der Waals surface area contributed by atoms with Gasteiger partial charge in [0.05, 0.1) is 4.92 Å². The molecule has 0 aliphatic heterocycles. The molecule has 1 aromatic carbocycles. The van der Waals surface area contributed by atoms with Gasteiger partial charge >= 0.3 is 0 Å². The van der Waals surface area contributed by atoms with Crippen LogP contribution >= 0.6 is 0 Å². The van der Waals surface area contributed by atoms with Crippen molar-refractivity contribution in [1.29, 1.82) is 0 Å². The number of benzene rings is 1. The second kappa shape index (κ2) is 5.64. The van der Waals surface area contributed by atoms with Crippen LogP contribution in [0.1, 0.15) is 31.2 Å². The third-order valence-corrected chi connectivity index (χ3v) is 3.73. The van der Waals surface area contributed by atoms with Gasteiger partial charge in [0.2, 0.25) is 5.92 Å². The highest BCUT2D eigenvalue weighted by Gasteiger charge is 2.37. The van der Waals surface area contributed by atoms with Crippen molar-refractivity contribution < 1.29 is 18.5 Å². The van der Waals surface area contributed by atoms with Gasteiger partial charge < -0.3 is 0 Å². The highest BCUT2D eigenvalue weighted by Crippen LogP contribution is 2.37. The zero-order valence-electron chi connectivity index (χ0n) is 10.9. The smallest absolute Gasteiger partial charge is 0.273 e. The number of alkyl halides is 2. The predicted octanol–water partition coefficient (Wildman–Crippen LogP) is 3.53. The molecule has 1 aromatic rings. The van der Waals surface area contributed by atoms with Crippen LogP contribution < -0.4 is 0 Å². The molecular formula is C14H15F2NO3. The third-order valence-electron chi connectivity index (χ3n) is 3.73. The molecule has 0 atom stereocenters. The average Bonchev–Trinajstić information content (AvgIpc) is 2.38. The van der Waals surface area contributed by atoms with Crippen molar-refractivity contribution in [2.24, 2.45) is 5.92 Å². The zero-order chi connectivity index (χ0) is 14.8. The van der Waals surface area contributed by atoms with Gasteiger partial charge in [-0.2, -0.15) is 0 Å². The Labute approximate surface area is 114 Å². The minimum Gasteiger partial charge on any atom is -0.299 e. The van der Waals surface area contributed by atoms with E-state index in [1.807, 2.05) is 0 Å². The molecule has 1 aliphatic rings. The van der Waals surface area contributed by atoms with Crippen LogP contribution in [0, 0.1) is 16.0 Å². The summed E-state index contributed by atoms with van der Waals surface area (Å²) >= 11 is 0. The fourth-order valence-corrected chi connectivity index (χ4v) is 2.53. The normalized spacial score (nSPS) is 18.7. The van der Waals surface area contributed by atoms with Gasteiger partial charge in [0.1, 0.15) is 5.78 Å². The Morgan fingerprint density at radius 1 is 1.30 bits per heavy atom. The Morgan fingerprint density at radius 2 is 1.90 bits per heavy atom. The maximum absolute atomic E-state index is 13.0. The molecule has 1 saturated carbocycles. The molecule has 0 radical (unpaired) electrons. The van der Waals surface area contributed by atoms with E-state index in [2.05, 4.69) is 0 Å². The van der Waals surface area contributed by atoms with Crippen LogP contribution in [0.15, 0.2) is 24.3 Å². The van der Waals surface area contributed by atoms with E-state index in [0.29, 0.717) is 5.56 Å². The summed E-state index contributed by atoms with van der Waals surface area (Å²) in [6.07, 6.45) is -0.299. The van der Waals surface area contributed by atoms with Crippen molar-refractivity contribution in [3.63, 3.8) is 0 Å². The van der Waals surface area contributed by atoms with E-state index < -0.39 is 16.8 Å². The van der Waals surface area contributed by atoms with E-state index in [0.717, 1.165) is 0 Å². The molecule has 2 rings (SSSR count). The number of carbonyl (C=O) groups is 1. The summed E-state index contributed by atoms with van der Waals surface area (Å²) in [6.45, 7) is 0. The summed E-state index contributed by atoms with van der Waals surface area (Å²) in [5.41, 5.74) is 0.252. The van der Waals surface area contributed by atoms with Crippen LogP contribution in [0.3, 0.4) is 0 Å². The first-order chi connectivity index (χ1) is 9.39. The van der Waals surface area contributed by atoms with Gasteiger partial charge in [-0.25, -0.2) is 8.78 Å². The van der Waals surface area contributed by atoms with Crippen LogP contribution in [0.25, 0.3) is 0 Å². The fourth-order valence-electron chi connectivity index (χ4n) is 2.53. The number of nitro groups is 1. The topological polar surface area (TPSA) is 60.2 Å². The molecule has 1 fully saturated rings. The number of rotatable bonds is 4. The Bertz CT molecular complexity index is 521. The molecule has 6 heteroatoms. The highest BCUT2D eigenvalue weighted by molar-refractivity contribution is 5.84. The number of nitrogens with zero attached hydrogens (tertiary/aromatic N) is 1. The first kappa shape index (κ1) is 14.6. The van der Waals surface area contributed by atoms with Gasteiger partial charge in [0.25, 0.3) is 5.69 Å². The number of Topliss-reactive ketones (excluding diaryl/α,β-unsaturated/α-hetero) is 1. The molecule has 0 spiro atoms. The summed E-state index contributed by atoms with van der Waals surface area (Å²) in [5.74, 6) is -3.26. The highest BCUT2D eigenvalue weighted by atomic mass is 19.3. The number of carbonyl (C=O) groups excluding carboxylic acids is 1. The lowest BCUT2D eigenvalue weighted by Crippen LogP contribution is -2.29. The van der Waals surface area contributed by atoms with Crippen molar-refractivity contribution in [2.75, 3.05) is 0 Å². The molecular weight excluding hydrogens is 268 g/mol. The molecule has 0 saturated heterocycles. The maximum atomic E-state index is 13.0. The fraction of sp³-hybridized carbons (Fsp3) is 0.500. The van der Waals surface area contributed by atoms with Crippen molar-refractivity contribution >= 4 is 11.5 Å². The molecule has 0 bridgehead atoms. The second-order valence-corrected chi connectivity index (χ2v) is 5.16. The van der Waals surface area contributed by atoms with E-state index in [9.17, 15) is 23.7 Å². The Balaban J connectivity index is 2.04.